The van der Waals surface area contributed by atoms with Crippen molar-refractivity contribution in [3.8, 4) is 5.75 Å². The number of Topliss-reactive ketones (excluding diaryl/α,β-unsaturated/α-hetero) is 1. The maximum atomic E-state index is 13.3. The Morgan fingerprint density at radius 3 is 2.60 bits per heavy atom. The molecule has 178 valence electrons. The number of fused-ring (bicyclic) bond motifs is 1. The number of amides is 1. The van der Waals surface area contributed by atoms with E-state index in [2.05, 4.69) is 9.97 Å². The Balaban J connectivity index is 1.60. The Morgan fingerprint density at radius 2 is 1.89 bits per heavy atom. The second-order valence-electron chi connectivity index (χ2n) is 8.39. The first-order chi connectivity index (χ1) is 17.0. The second-order valence-corrected chi connectivity index (χ2v) is 8.39. The summed E-state index contributed by atoms with van der Waals surface area (Å²) in [6.07, 6.45) is 7.64. The van der Waals surface area contributed by atoms with Crippen LogP contribution in [0.25, 0.3) is 11.4 Å². The van der Waals surface area contributed by atoms with E-state index in [1.54, 1.807) is 49.3 Å². The van der Waals surface area contributed by atoms with E-state index in [0.717, 1.165) is 0 Å². The molecule has 5 rings (SSSR count). The lowest BCUT2D eigenvalue weighted by Gasteiger charge is -2.25. The van der Waals surface area contributed by atoms with E-state index in [4.69, 9.17) is 4.74 Å². The van der Waals surface area contributed by atoms with E-state index in [1.165, 1.54) is 4.90 Å². The van der Waals surface area contributed by atoms with Crippen LogP contribution in [0.3, 0.4) is 0 Å². The van der Waals surface area contributed by atoms with Gasteiger partial charge in [0.15, 0.2) is 5.76 Å². The number of carbonyl (C=O) groups excluding carboxylic acids is 2. The number of aliphatic hydroxyl groups excluding tert-OH is 1. The van der Waals surface area contributed by atoms with Crippen LogP contribution in [0.5, 0.6) is 5.75 Å². The molecule has 0 saturated carbocycles. The molecule has 0 radical (unpaired) electrons. The van der Waals surface area contributed by atoms with Crippen molar-refractivity contribution in [2.24, 2.45) is 0 Å². The van der Waals surface area contributed by atoms with Gasteiger partial charge >= 0.3 is 0 Å². The zero-order chi connectivity index (χ0) is 24.5. The van der Waals surface area contributed by atoms with E-state index in [0.29, 0.717) is 47.9 Å². The number of ketones is 1. The van der Waals surface area contributed by atoms with Crippen LogP contribution in [0.4, 0.5) is 0 Å². The lowest BCUT2D eigenvalue weighted by Crippen LogP contribution is -2.31. The average Bonchev–Trinajstić information content (AvgIpc) is 3.56. The SMILES string of the molecule is COc1ccc(C2C(=C(O)c3c(C)nc4ccccn34)C(=O)C(=O)N2CCCn2ccnc2)cc1. The Morgan fingerprint density at radius 1 is 1.09 bits per heavy atom. The number of carbonyl (C=O) groups is 2. The number of hydrogen-bond acceptors (Lipinski definition) is 6. The van der Waals surface area contributed by atoms with Gasteiger partial charge in [-0.15, -0.1) is 0 Å². The third-order valence-corrected chi connectivity index (χ3v) is 6.27. The van der Waals surface area contributed by atoms with Gasteiger partial charge in [0.25, 0.3) is 11.7 Å². The van der Waals surface area contributed by atoms with Crippen LogP contribution in [-0.2, 0) is 16.1 Å². The molecule has 4 aromatic rings. The number of ether oxygens (including phenoxy) is 1. The molecule has 1 aliphatic rings. The van der Waals surface area contributed by atoms with E-state index in [-0.39, 0.29) is 11.3 Å². The number of hydrogen-bond donors (Lipinski definition) is 1. The molecule has 1 N–H and O–H groups in total. The maximum Gasteiger partial charge on any atom is 0.295 e. The summed E-state index contributed by atoms with van der Waals surface area (Å²) in [5.41, 5.74) is 2.36. The molecule has 9 nitrogen and oxygen atoms in total. The van der Waals surface area contributed by atoms with Gasteiger partial charge in [0.1, 0.15) is 17.1 Å². The summed E-state index contributed by atoms with van der Waals surface area (Å²) in [5.74, 6) is -0.929. The van der Waals surface area contributed by atoms with Gasteiger partial charge in [-0.2, -0.15) is 0 Å². The number of pyridine rings is 1. The third-order valence-electron chi connectivity index (χ3n) is 6.27. The molecular formula is C26H25N5O4. The van der Waals surface area contributed by atoms with Gasteiger partial charge in [0.2, 0.25) is 0 Å². The Hall–Kier alpha value is -4.40. The van der Waals surface area contributed by atoms with Crippen LogP contribution >= 0.6 is 0 Å². The molecule has 1 aliphatic heterocycles. The van der Waals surface area contributed by atoms with Gasteiger partial charge in [-0.05, 0) is 43.2 Å². The molecule has 0 aliphatic carbocycles. The predicted molar refractivity (Wildman–Crippen MR) is 129 cm³/mol. The molecule has 9 heteroatoms. The molecular weight excluding hydrogens is 446 g/mol. The Bertz CT molecular complexity index is 1420. The Kier molecular flexibility index (Phi) is 5.82. The summed E-state index contributed by atoms with van der Waals surface area (Å²) < 4.78 is 8.92. The molecule has 0 spiro atoms. The van der Waals surface area contributed by atoms with Gasteiger partial charge in [-0.1, -0.05) is 18.2 Å². The summed E-state index contributed by atoms with van der Waals surface area (Å²) in [6, 6.07) is 11.9. The molecule has 3 aromatic heterocycles. The van der Waals surface area contributed by atoms with Gasteiger partial charge in [0, 0.05) is 31.7 Å². The first kappa shape index (κ1) is 22.4. The fraction of sp³-hybridized carbons (Fsp3) is 0.231. The second kappa shape index (κ2) is 9.09. The third kappa shape index (κ3) is 3.95. The summed E-state index contributed by atoms with van der Waals surface area (Å²) in [4.78, 5) is 36.6. The number of aliphatic hydroxyl groups is 1. The zero-order valence-electron chi connectivity index (χ0n) is 19.5. The maximum absolute atomic E-state index is 13.3. The van der Waals surface area contributed by atoms with Gasteiger partial charge in [0.05, 0.1) is 30.7 Å². The minimum absolute atomic E-state index is 0.0524. The average molecular weight is 472 g/mol. The molecule has 1 amide bonds. The summed E-state index contributed by atoms with van der Waals surface area (Å²) in [5, 5.41) is 11.5. The topological polar surface area (TPSA) is 102 Å². The van der Waals surface area contributed by atoms with E-state index in [9.17, 15) is 14.7 Å². The van der Waals surface area contributed by atoms with E-state index in [1.807, 2.05) is 41.1 Å². The first-order valence-electron chi connectivity index (χ1n) is 11.3. The van der Waals surface area contributed by atoms with Crippen LogP contribution in [0, 0.1) is 6.92 Å². The normalized spacial score (nSPS) is 17.4. The van der Waals surface area contributed by atoms with E-state index >= 15 is 0 Å². The minimum atomic E-state index is -0.739. The summed E-state index contributed by atoms with van der Waals surface area (Å²) in [6.45, 7) is 2.75. The quantitative estimate of drug-likeness (QED) is 0.252. The van der Waals surface area contributed by atoms with Gasteiger partial charge in [-0.25, -0.2) is 9.97 Å². The van der Waals surface area contributed by atoms with Crippen molar-refractivity contribution in [2.75, 3.05) is 13.7 Å². The van der Waals surface area contributed by atoms with Gasteiger partial charge in [-0.3, -0.25) is 14.0 Å². The van der Waals surface area contributed by atoms with Crippen molar-refractivity contribution in [1.82, 2.24) is 23.8 Å². The Labute approximate surface area is 201 Å². The number of benzene rings is 1. The highest BCUT2D eigenvalue weighted by atomic mass is 16.5. The monoisotopic (exact) mass is 471 g/mol. The van der Waals surface area contributed by atoms with Crippen molar-refractivity contribution < 1.29 is 19.4 Å². The van der Waals surface area contributed by atoms with Crippen molar-refractivity contribution in [3.63, 3.8) is 0 Å². The van der Waals surface area contributed by atoms with Crippen molar-refractivity contribution in [2.45, 2.75) is 25.9 Å². The van der Waals surface area contributed by atoms with Crippen LogP contribution in [0.15, 0.2) is 73.0 Å². The largest absolute Gasteiger partial charge is 0.505 e. The van der Waals surface area contributed by atoms with Crippen LogP contribution < -0.4 is 4.74 Å². The van der Waals surface area contributed by atoms with Crippen molar-refractivity contribution >= 4 is 23.1 Å². The zero-order valence-corrected chi connectivity index (χ0v) is 19.5. The van der Waals surface area contributed by atoms with Crippen LogP contribution in [-0.4, -0.2) is 54.3 Å². The lowest BCUT2D eigenvalue weighted by atomic mass is 9.96. The number of imidazole rings is 2. The fourth-order valence-electron chi connectivity index (χ4n) is 4.61. The predicted octanol–water partition coefficient (Wildman–Crippen LogP) is 3.36. The molecule has 1 saturated heterocycles. The van der Waals surface area contributed by atoms with Gasteiger partial charge < -0.3 is 19.3 Å². The molecule has 1 atom stereocenters. The van der Waals surface area contributed by atoms with Crippen LogP contribution in [0.2, 0.25) is 0 Å². The molecule has 1 fully saturated rings. The standard InChI is InChI=1S/C26H25N5O4/c1-17-22(30-13-4-3-6-20(30)28-17)24(32)21-23(18-7-9-19(35-2)10-8-18)31(26(34)25(21)33)14-5-12-29-15-11-27-16-29/h3-4,6-11,13,15-16,23,32H,5,12,14H2,1-2H3. The highest BCUT2D eigenvalue weighted by molar-refractivity contribution is 6.46. The fourth-order valence-corrected chi connectivity index (χ4v) is 4.61. The smallest absolute Gasteiger partial charge is 0.295 e. The van der Waals surface area contributed by atoms with Crippen molar-refractivity contribution in [1.29, 1.82) is 0 Å². The lowest BCUT2D eigenvalue weighted by molar-refractivity contribution is -0.139. The number of aromatic nitrogens is 4. The highest BCUT2D eigenvalue weighted by Crippen LogP contribution is 2.40. The number of methoxy groups -OCH3 is 1. The molecule has 4 heterocycles. The minimum Gasteiger partial charge on any atom is -0.505 e. The van der Waals surface area contributed by atoms with Crippen molar-refractivity contribution in [3.05, 3.63) is 89.9 Å². The number of rotatable bonds is 7. The first-order valence-corrected chi connectivity index (χ1v) is 11.3. The molecule has 35 heavy (non-hydrogen) atoms. The number of nitrogens with zero attached hydrogens (tertiary/aromatic N) is 5. The summed E-state index contributed by atoms with van der Waals surface area (Å²) in [7, 11) is 1.57. The summed E-state index contributed by atoms with van der Waals surface area (Å²) >= 11 is 0. The molecule has 0 bridgehead atoms. The molecule has 1 aromatic carbocycles. The molecule has 1 unspecified atom stereocenters. The number of aryl methyl sites for hydroxylation is 2. The van der Waals surface area contributed by atoms with E-state index < -0.39 is 17.7 Å². The highest BCUT2D eigenvalue weighted by Gasteiger charge is 2.46. The van der Waals surface area contributed by atoms with Crippen LogP contribution in [0.1, 0.15) is 29.4 Å². The number of likely N-dealkylation sites (tertiary alicyclic amines) is 1.